The van der Waals surface area contributed by atoms with Crippen molar-refractivity contribution in [3.05, 3.63) is 33.8 Å². The van der Waals surface area contributed by atoms with E-state index in [-0.39, 0.29) is 0 Å². The van der Waals surface area contributed by atoms with E-state index in [1.807, 2.05) is 18.4 Å². The summed E-state index contributed by atoms with van der Waals surface area (Å²) in [5, 5.41) is 6.78. The number of rotatable bonds is 6. The van der Waals surface area contributed by atoms with Crippen molar-refractivity contribution in [2.24, 2.45) is 0 Å². The fraction of sp³-hybridized carbons (Fsp3) is 0.273. The largest absolute Gasteiger partial charge is 0.312 e. The molecule has 0 aliphatic heterocycles. The number of anilines is 1. The van der Waals surface area contributed by atoms with Crippen LogP contribution < -0.4 is 10.0 Å². The zero-order chi connectivity index (χ0) is 13.0. The standard InChI is InChI=1S/C11H14N2O2S3/c1-2-12-7-10-3-4-11(17-10)18(14,15)13-9-5-6-16-8-9/h3-6,8,12-13H,2,7H2,1H3. The molecule has 0 bridgehead atoms. The Morgan fingerprint density at radius 1 is 1.28 bits per heavy atom. The summed E-state index contributed by atoms with van der Waals surface area (Å²) < 4.78 is 27.0. The van der Waals surface area contributed by atoms with Gasteiger partial charge in [0.2, 0.25) is 0 Å². The lowest BCUT2D eigenvalue weighted by Crippen LogP contribution is -2.11. The lowest BCUT2D eigenvalue weighted by atomic mass is 10.4. The summed E-state index contributed by atoms with van der Waals surface area (Å²) in [5.74, 6) is 0. The van der Waals surface area contributed by atoms with Gasteiger partial charge >= 0.3 is 0 Å². The molecule has 0 radical (unpaired) electrons. The summed E-state index contributed by atoms with van der Waals surface area (Å²) >= 11 is 2.75. The van der Waals surface area contributed by atoms with Gasteiger partial charge in [0.05, 0.1) is 5.69 Å². The fourth-order valence-corrected chi connectivity index (χ4v) is 4.41. The van der Waals surface area contributed by atoms with E-state index in [1.165, 1.54) is 22.7 Å². The SMILES string of the molecule is CCNCc1ccc(S(=O)(=O)Nc2ccsc2)s1. The summed E-state index contributed by atoms with van der Waals surface area (Å²) in [6, 6.07) is 5.23. The minimum Gasteiger partial charge on any atom is -0.312 e. The molecule has 2 aromatic heterocycles. The van der Waals surface area contributed by atoms with Crippen LogP contribution in [0.5, 0.6) is 0 Å². The first-order valence-electron chi connectivity index (χ1n) is 5.46. The minimum atomic E-state index is -3.44. The van der Waals surface area contributed by atoms with Gasteiger partial charge in [-0.05, 0) is 30.1 Å². The smallest absolute Gasteiger partial charge is 0.271 e. The van der Waals surface area contributed by atoms with E-state index >= 15 is 0 Å². The highest BCUT2D eigenvalue weighted by Crippen LogP contribution is 2.24. The number of thiophene rings is 2. The molecule has 2 N–H and O–H groups in total. The molecule has 0 aliphatic rings. The summed E-state index contributed by atoms with van der Waals surface area (Å²) in [6.45, 7) is 3.59. The molecule has 0 unspecified atom stereocenters. The maximum Gasteiger partial charge on any atom is 0.271 e. The van der Waals surface area contributed by atoms with E-state index in [4.69, 9.17) is 0 Å². The van der Waals surface area contributed by atoms with Crippen LogP contribution in [0.4, 0.5) is 5.69 Å². The lowest BCUT2D eigenvalue weighted by Gasteiger charge is -2.03. The molecule has 2 aromatic rings. The second kappa shape index (κ2) is 5.83. The predicted octanol–water partition coefficient (Wildman–Crippen LogP) is 2.72. The first-order chi connectivity index (χ1) is 8.62. The van der Waals surface area contributed by atoms with E-state index < -0.39 is 10.0 Å². The highest BCUT2D eigenvalue weighted by atomic mass is 32.2. The third kappa shape index (κ3) is 3.32. The Balaban J connectivity index is 2.12. The number of hydrogen-bond acceptors (Lipinski definition) is 5. The van der Waals surface area contributed by atoms with Crippen LogP contribution in [0.25, 0.3) is 0 Å². The van der Waals surface area contributed by atoms with Crippen LogP contribution in [0, 0.1) is 0 Å². The van der Waals surface area contributed by atoms with E-state index in [0.29, 0.717) is 16.4 Å². The molecule has 4 nitrogen and oxygen atoms in total. The Morgan fingerprint density at radius 2 is 2.11 bits per heavy atom. The Hall–Kier alpha value is -0.890. The van der Waals surface area contributed by atoms with Gasteiger partial charge in [0.25, 0.3) is 10.0 Å². The first-order valence-corrected chi connectivity index (χ1v) is 8.70. The number of hydrogen-bond donors (Lipinski definition) is 2. The normalized spacial score (nSPS) is 11.6. The third-order valence-electron chi connectivity index (χ3n) is 2.22. The van der Waals surface area contributed by atoms with Gasteiger partial charge in [0, 0.05) is 16.8 Å². The van der Waals surface area contributed by atoms with Gasteiger partial charge in [-0.1, -0.05) is 6.92 Å². The molecule has 0 spiro atoms. The van der Waals surface area contributed by atoms with Crippen molar-refractivity contribution >= 4 is 38.4 Å². The number of nitrogens with one attached hydrogen (secondary N) is 2. The van der Waals surface area contributed by atoms with Crippen molar-refractivity contribution in [1.82, 2.24) is 5.32 Å². The van der Waals surface area contributed by atoms with Gasteiger partial charge in [0.15, 0.2) is 0 Å². The van der Waals surface area contributed by atoms with Crippen LogP contribution in [0.2, 0.25) is 0 Å². The summed E-state index contributed by atoms with van der Waals surface area (Å²) in [6.07, 6.45) is 0. The second-order valence-corrected chi connectivity index (χ2v) is 7.48. The second-order valence-electron chi connectivity index (χ2n) is 3.62. The van der Waals surface area contributed by atoms with Gasteiger partial charge < -0.3 is 5.32 Å². The van der Waals surface area contributed by atoms with E-state index in [9.17, 15) is 8.42 Å². The minimum absolute atomic E-state index is 0.349. The van der Waals surface area contributed by atoms with Crippen LogP contribution >= 0.6 is 22.7 Å². The molecule has 0 saturated heterocycles. The highest BCUT2D eigenvalue weighted by molar-refractivity contribution is 7.94. The van der Waals surface area contributed by atoms with Crippen molar-refractivity contribution in [1.29, 1.82) is 0 Å². The molecular weight excluding hydrogens is 288 g/mol. The van der Waals surface area contributed by atoms with Gasteiger partial charge in [0.1, 0.15) is 4.21 Å². The van der Waals surface area contributed by atoms with Gasteiger partial charge in [-0.25, -0.2) is 8.42 Å². The zero-order valence-electron chi connectivity index (χ0n) is 9.84. The molecule has 7 heteroatoms. The molecule has 2 heterocycles. The van der Waals surface area contributed by atoms with E-state index in [0.717, 1.165) is 11.4 Å². The molecule has 2 rings (SSSR count). The Labute approximate surface area is 115 Å². The maximum atomic E-state index is 12.1. The Bertz CT molecular complexity index is 588. The molecule has 0 aliphatic carbocycles. The zero-order valence-corrected chi connectivity index (χ0v) is 12.3. The van der Waals surface area contributed by atoms with Crippen molar-refractivity contribution in [3.63, 3.8) is 0 Å². The van der Waals surface area contributed by atoms with Gasteiger partial charge in [-0.3, -0.25) is 4.72 Å². The molecule has 0 fully saturated rings. The lowest BCUT2D eigenvalue weighted by molar-refractivity contribution is 0.603. The summed E-state index contributed by atoms with van der Waals surface area (Å²) in [5.41, 5.74) is 0.613. The monoisotopic (exact) mass is 302 g/mol. The molecule has 18 heavy (non-hydrogen) atoms. The fourth-order valence-electron chi connectivity index (χ4n) is 1.37. The average molecular weight is 302 g/mol. The Morgan fingerprint density at radius 3 is 2.78 bits per heavy atom. The van der Waals surface area contributed by atoms with Crippen molar-refractivity contribution in [2.45, 2.75) is 17.7 Å². The Kier molecular flexibility index (Phi) is 4.39. The van der Waals surface area contributed by atoms with Crippen LogP contribution in [0.1, 0.15) is 11.8 Å². The topological polar surface area (TPSA) is 58.2 Å². The summed E-state index contributed by atoms with van der Waals surface area (Å²) in [7, 11) is -3.44. The van der Waals surface area contributed by atoms with Crippen LogP contribution in [0.15, 0.2) is 33.2 Å². The van der Waals surface area contributed by atoms with Crippen molar-refractivity contribution < 1.29 is 8.42 Å². The predicted molar refractivity (Wildman–Crippen MR) is 76.8 cm³/mol. The van der Waals surface area contributed by atoms with E-state index in [2.05, 4.69) is 10.0 Å². The van der Waals surface area contributed by atoms with Crippen LogP contribution in [0.3, 0.4) is 0 Å². The summed E-state index contributed by atoms with van der Waals surface area (Å²) in [4.78, 5) is 1.02. The van der Waals surface area contributed by atoms with Gasteiger partial charge in [-0.2, -0.15) is 11.3 Å². The molecule has 0 aromatic carbocycles. The van der Waals surface area contributed by atoms with Crippen LogP contribution in [-0.2, 0) is 16.6 Å². The molecule has 0 amide bonds. The maximum absolute atomic E-state index is 12.1. The van der Waals surface area contributed by atoms with Crippen molar-refractivity contribution in [2.75, 3.05) is 11.3 Å². The van der Waals surface area contributed by atoms with Crippen molar-refractivity contribution in [3.8, 4) is 0 Å². The third-order valence-corrected chi connectivity index (χ3v) is 5.87. The number of sulfonamides is 1. The quantitative estimate of drug-likeness (QED) is 0.862. The molecule has 0 atom stereocenters. The van der Waals surface area contributed by atoms with E-state index in [1.54, 1.807) is 17.5 Å². The first kappa shape index (κ1) is 13.5. The average Bonchev–Trinajstić information content (AvgIpc) is 2.96. The molecular formula is C11H14N2O2S3. The van der Waals surface area contributed by atoms with Crippen LogP contribution in [-0.4, -0.2) is 15.0 Å². The van der Waals surface area contributed by atoms with Gasteiger partial charge in [-0.15, -0.1) is 11.3 Å². The highest BCUT2D eigenvalue weighted by Gasteiger charge is 2.16. The molecule has 0 saturated carbocycles. The molecule has 98 valence electrons.